The molecule has 4 rings (SSSR count). The lowest BCUT2D eigenvalue weighted by molar-refractivity contribution is 0.171. The van der Waals surface area contributed by atoms with Crippen molar-refractivity contribution >= 4 is 0 Å². The normalized spacial score (nSPS) is 18.5. The monoisotopic (exact) mass is 383 g/mol. The van der Waals surface area contributed by atoms with Gasteiger partial charge in [0.05, 0.1) is 21.3 Å². The minimum absolute atomic E-state index is 0.131. The minimum Gasteiger partial charge on any atom is -0.496 e. The summed E-state index contributed by atoms with van der Waals surface area (Å²) in [5, 5.41) is 9.45. The summed E-state index contributed by atoms with van der Waals surface area (Å²) < 4.78 is 16.8. The molecule has 0 fully saturated rings. The summed E-state index contributed by atoms with van der Waals surface area (Å²) in [7, 11) is 5.12. The second kappa shape index (κ2) is 8.02. The second-order valence-electron chi connectivity index (χ2n) is 7.55. The van der Waals surface area contributed by atoms with Crippen LogP contribution in [0.4, 0.5) is 0 Å². The number of hydrogen-bond acceptors (Lipinski definition) is 5. The maximum absolute atomic E-state index is 9.45. The van der Waals surface area contributed by atoms with Gasteiger partial charge >= 0.3 is 0 Å². The SMILES string of the molecule is COc1cc2c(cc1CCO)[C@@H]1CCc3ccc(OC)c(OC)c3CN1CC2. The fourth-order valence-corrected chi connectivity index (χ4v) is 4.80. The average Bonchev–Trinajstić information content (AvgIpc) is 2.92. The number of hydrogen-bond donors (Lipinski definition) is 1. The summed E-state index contributed by atoms with van der Waals surface area (Å²) in [6.45, 7) is 2.01. The van der Waals surface area contributed by atoms with Crippen molar-refractivity contribution in [3.05, 3.63) is 52.1 Å². The van der Waals surface area contributed by atoms with Gasteiger partial charge in [-0.1, -0.05) is 12.1 Å². The first-order chi connectivity index (χ1) is 13.7. The van der Waals surface area contributed by atoms with Crippen LogP contribution in [-0.2, 0) is 25.8 Å². The molecular formula is C23H29NO4. The van der Waals surface area contributed by atoms with E-state index in [9.17, 15) is 5.11 Å². The van der Waals surface area contributed by atoms with E-state index in [2.05, 4.69) is 23.1 Å². The van der Waals surface area contributed by atoms with Gasteiger partial charge in [0, 0.05) is 31.3 Å². The number of benzene rings is 2. The third-order valence-electron chi connectivity index (χ3n) is 6.19. The van der Waals surface area contributed by atoms with Gasteiger partial charge in [-0.05, 0) is 60.1 Å². The second-order valence-corrected chi connectivity index (χ2v) is 7.55. The Hall–Kier alpha value is -2.24. The quantitative estimate of drug-likeness (QED) is 0.859. The van der Waals surface area contributed by atoms with Crippen LogP contribution in [0, 0.1) is 0 Å². The van der Waals surface area contributed by atoms with E-state index in [1.165, 1.54) is 22.3 Å². The molecule has 0 spiro atoms. The molecular weight excluding hydrogens is 354 g/mol. The Morgan fingerprint density at radius 1 is 1.00 bits per heavy atom. The molecule has 5 heteroatoms. The molecule has 1 atom stereocenters. The largest absolute Gasteiger partial charge is 0.496 e. The number of methoxy groups -OCH3 is 3. The van der Waals surface area contributed by atoms with Gasteiger partial charge in [-0.15, -0.1) is 0 Å². The van der Waals surface area contributed by atoms with E-state index in [1.807, 2.05) is 6.07 Å². The smallest absolute Gasteiger partial charge is 0.165 e. The topological polar surface area (TPSA) is 51.2 Å². The highest BCUT2D eigenvalue weighted by Crippen LogP contribution is 2.43. The third-order valence-corrected chi connectivity index (χ3v) is 6.19. The maximum Gasteiger partial charge on any atom is 0.165 e. The molecule has 0 bridgehead atoms. The lowest BCUT2D eigenvalue weighted by Crippen LogP contribution is -2.34. The summed E-state index contributed by atoms with van der Waals surface area (Å²) in [4.78, 5) is 2.56. The molecule has 2 aliphatic rings. The Bertz CT molecular complexity index is 864. The van der Waals surface area contributed by atoms with Gasteiger partial charge in [0.2, 0.25) is 0 Å². The van der Waals surface area contributed by atoms with Crippen molar-refractivity contribution < 1.29 is 19.3 Å². The number of aliphatic hydroxyl groups is 1. The molecule has 0 radical (unpaired) electrons. The molecule has 0 saturated heterocycles. The Balaban J connectivity index is 1.73. The minimum atomic E-state index is 0.131. The van der Waals surface area contributed by atoms with Crippen LogP contribution < -0.4 is 14.2 Å². The van der Waals surface area contributed by atoms with Crippen molar-refractivity contribution in [1.82, 2.24) is 4.90 Å². The summed E-state index contributed by atoms with van der Waals surface area (Å²) >= 11 is 0. The van der Waals surface area contributed by atoms with Gasteiger partial charge in [0.1, 0.15) is 5.75 Å². The fourth-order valence-electron chi connectivity index (χ4n) is 4.80. The highest BCUT2D eigenvalue weighted by Gasteiger charge is 2.32. The van der Waals surface area contributed by atoms with E-state index >= 15 is 0 Å². The van der Waals surface area contributed by atoms with Crippen molar-refractivity contribution in [1.29, 1.82) is 0 Å². The maximum atomic E-state index is 9.45. The molecule has 2 heterocycles. The summed E-state index contributed by atoms with van der Waals surface area (Å²) in [5.74, 6) is 2.55. The molecule has 2 aliphatic heterocycles. The van der Waals surface area contributed by atoms with Gasteiger partial charge in [-0.2, -0.15) is 0 Å². The van der Waals surface area contributed by atoms with Crippen LogP contribution in [0.1, 0.15) is 40.3 Å². The van der Waals surface area contributed by atoms with Gasteiger partial charge < -0.3 is 19.3 Å². The zero-order chi connectivity index (χ0) is 19.7. The average molecular weight is 383 g/mol. The molecule has 5 nitrogen and oxygen atoms in total. The van der Waals surface area contributed by atoms with Crippen molar-refractivity contribution in [3.63, 3.8) is 0 Å². The standard InChI is InChI=1S/C23H29NO4/c1-26-21-7-5-15-4-6-20-18-12-17(9-11-25)22(27-2)13-16(18)8-10-24(20)14-19(15)23(21)28-3/h5,7,12-13,20,25H,4,6,8-11,14H2,1-3H3/t20-/m0/s1. The summed E-state index contributed by atoms with van der Waals surface area (Å²) in [6, 6.07) is 9.01. The predicted octanol–water partition coefficient (Wildman–Crippen LogP) is 3.29. The number of aryl methyl sites for hydroxylation is 1. The van der Waals surface area contributed by atoms with E-state index < -0.39 is 0 Å². The molecule has 0 saturated carbocycles. The highest BCUT2D eigenvalue weighted by molar-refractivity contribution is 5.52. The third kappa shape index (κ3) is 3.23. The van der Waals surface area contributed by atoms with Crippen LogP contribution in [0.2, 0.25) is 0 Å². The van der Waals surface area contributed by atoms with Crippen molar-refractivity contribution in [2.75, 3.05) is 34.5 Å². The number of aliphatic hydroxyl groups excluding tert-OH is 1. The Kier molecular flexibility index (Phi) is 5.47. The lowest BCUT2D eigenvalue weighted by Gasteiger charge is -2.37. The zero-order valence-corrected chi connectivity index (χ0v) is 17.0. The summed E-state index contributed by atoms with van der Waals surface area (Å²) in [5.41, 5.74) is 6.44. The van der Waals surface area contributed by atoms with Crippen molar-refractivity contribution in [2.45, 2.75) is 38.3 Å². The van der Waals surface area contributed by atoms with Crippen molar-refractivity contribution in [3.8, 4) is 17.2 Å². The first kappa shape index (κ1) is 19.1. The van der Waals surface area contributed by atoms with Crippen LogP contribution in [0.15, 0.2) is 24.3 Å². The number of nitrogens with zero attached hydrogens (tertiary/aromatic N) is 1. The van der Waals surface area contributed by atoms with Crippen LogP contribution in [0.25, 0.3) is 0 Å². The number of fused-ring (bicyclic) bond motifs is 4. The zero-order valence-electron chi connectivity index (χ0n) is 17.0. The van der Waals surface area contributed by atoms with Gasteiger partial charge in [0.25, 0.3) is 0 Å². The molecule has 28 heavy (non-hydrogen) atoms. The van der Waals surface area contributed by atoms with E-state index in [4.69, 9.17) is 14.2 Å². The Labute approximate surface area is 166 Å². The molecule has 150 valence electrons. The van der Waals surface area contributed by atoms with E-state index in [0.29, 0.717) is 12.5 Å². The van der Waals surface area contributed by atoms with E-state index in [0.717, 1.165) is 55.2 Å². The predicted molar refractivity (Wildman–Crippen MR) is 109 cm³/mol. The molecule has 0 unspecified atom stereocenters. The van der Waals surface area contributed by atoms with Gasteiger partial charge in [-0.25, -0.2) is 0 Å². The van der Waals surface area contributed by atoms with Crippen LogP contribution >= 0.6 is 0 Å². The molecule has 0 amide bonds. The van der Waals surface area contributed by atoms with Crippen molar-refractivity contribution in [2.24, 2.45) is 0 Å². The Morgan fingerprint density at radius 3 is 2.54 bits per heavy atom. The molecule has 0 aromatic heterocycles. The van der Waals surface area contributed by atoms with Gasteiger partial charge in [-0.3, -0.25) is 4.90 Å². The summed E-state index contributed by atoms with van der Waals surface area (Å²) in [6.07, 6.45) is 3.70. The van der Waals surface area contributed by atoms with E-state index in [1.54, 1.807) is 21.3 Å². The Morgan fingerprint density at radius 2 is 1.82 bits per heavy atom. The lowest BCUT2D eigenvalue weighted by atomic mass is 9.88. The number of rotatable bonds is 5. The number of ether oxygens (including phenoxy) is 3. The van der Waals surface area contributed by atoms with Crippen LogP contribution in [0.3, 0.4) is 0 Å². The van der Waals surface area contributed by atoms with E-state index in [-0.39, 0.29) is 6.61 Å². The van der Waals surface area contributed by atoms with Crippen LogP contribution in [0.5, 0.6) is 17.2 Å². The molecule has 0 aliphatic carbocycles. The fraction of sp³-hybridized carbons (Fsp3) is 0.478. The molecule has 1 N–H and O–H groups in total. The highest BCUT2D eigenvalue weighted by atomic mass is 16.5. The molecule has 2 aromatic carbocycles. The van der Waals surface area contributed by atoms with Crippen LogP contribution in [-0.4, -0.2) is 44.5 Å². The van der Waals surface area contributed by atoms with Gasteiger partial charge in [0.15, 0.2) is 11.5 Å². The first-order valence-corrected chi connectivity index (χ1v) is 9.97. The molecule has 2 aromatic rings. The first-order valence-electron chi connectivity index (χ1n) is 9.97.